The van der Waals surface area contributed by atoms with Gasteiger partial charge < -0.3 is 0 Å². The van der Waals surface area contributed by atoms with Crippen molar-refractivity contribution in [3.63, 3.8) is 0 Å². The molecule has 1 aliphatic rings. The highest BCUT2D eigenvalue weighted by molar-refractivity contribution is 9.49. The molecule has 2 unspecified atom stereocenters. The van der Waals surface area contributed by atoms with Crippen LogP contribution in [-0.4, -0.2) is 10.5 Å². The van der Waals surface area contributed by atoms with E-state index in [2.05, 4.69) is 66.3 Å². The normalized spacial score (nSPS) is 35.8. The molecule has 0 spiro atoms. The third-order valence-corrected chi connectivity index (χ3v) is 10.00. The van der Waals surface area contributed by atoms with Gasteiger partial charge in [-0.05, 0) is 10.2 Å². The predicted molar refractivity (Wildman–Crippen MR) is 59.4 cm³/mol. The van der Waals surface area contributed by atoms with Gasteiger partial charge in [0.05, 0.1) is 0 Å². The molecule has 0 heterocycles. The molecule has 60 valence electrons. The van der Waals surface area contributed by atoms with Crippen LogP contribution in [0.25, 0.3) is 0 Å². The summed E-state index contributed by atoms with van der Waals surface area (Å²) in [4.78, 5) is 0. The highest BCUT2D eigenvalue weighted by atomic mass is 79.9. The molecule has 0 aromatic rings. The lowest BCUT2D eigenvalue weighted by Crippen LogP contribution is -2.25. The van der Waals surface area contributed by atoms with Crippen LogP contribution in [0.5, 0.6) is 0 Å². The third kappa shape index (κ3) is 2.01. The fraction of sp³-hybridized carbons (Fsp3) is 0.500. The quantitative estimate of drug-likeness (QED) is 0.645. The summed E-state index contributed by atoms with van der Waals surface area (Å²) in [7, 11) is -0.938. The fourth-order valence-corrected chi connectivity index (χ4v) is 5.31. The maximum atomic E-state index is 3.70. The van der Waals surface area contributed by atoms with Crippen molar-refractivity contribution < 1.29 is 0 Å². The minimum Gasteiger partial charge on any atom is -0.196 e. The van der Waals surface area contributed by atoms with Crippen LogP contribution < -0.4 is 0 Å². The van der Waals surface area contributed by atoms with Gasteiger partial charge in [0.25, 0.3) is 0 Å². The molecule has 1 aliphatic carbocycles. The Labute approximate surface area is 86.4 Å². The zero-order chi connectivity index (χ0) is 8.48. The Morgan fingerprint density at radius 2 is 2.00 bits per heavy atom. The average molecular weight is 294 g/mol. The molecule has 0 saturated heterocycles. The first-order chi connectivity index (χ1) is 5.07. The van der Waals surface area contributed by atoms with Crippen LogP contribution >= 0.6 is 28.1 Å². The number of rotatable bonds is 1. The van der Waals surface area contributed by atoms with Crippen molar-refractivity contribution in [3.05, 3.63) is 24.3 Å². The lowest BCUT2D eigenvalue weighted by Gasteiger charge is -2.32. The molecule has 1 rings (SSSR count). The van der Waals surface area contributed by atoms with Crippen molar-refractivity contribution in [3.8, 4) is 0 Å². The summed E-state index contributed by atoms with van der Waals surface area (Å²) in [5.41, 5.74) is 0. The average Bonchev–Trinajstić information content (AvgIpc) is 1.95. The molecule has 0 aromatic carbocycles. The van der Waals surface area contributed by atoms with Gasteiger partial charge in [0.15, 0.2) is 0 Å². The van der Waals surface area contributed by atoms with Gasteiger partial charge in [0, 0.05) is 0 Å². The first-order valence-electron chi connectivity index (χ1n) is 3.71. The van der Waals surface area contributed by atoms with Gasteiger partial charge in [-0.2, -0.15) is 28.1 Å². The first kappa shape index (κ1) is 10.1. The van der Waals surface area contributed by atoms with Crippen molar-refractivity contribution >= 4 is 38.6 Å². The van der Waals surface area contributed by atoms with E-state index in [1.54, 1.807) is 0 Å². The van der Waals surface area contributed by atoms with E-state index < -0.39 is 10.5 Å². The van der Waals surface area contributed by atoms with Crippen LogP contribution in [-0.2, 0) is 0 Å². The zero-order valence-corrected chi connectivity index (χ0v) is 11.0. The first-order valence-corrected chi connectivity index (χ1v) is 10.7. The topological polar surface area (TPSA) is 0 Å². The van der Waals surface area contributed by atoms with Crippen LogP contribution in [0.1, 0.15) is 13.8 Å². The van der Waals surface area contributed by atoms with Crippen molar-refractivity contribution in [2.24, 2.45) is 5.92 Å². The lowest BCUT2D eigenvalue weighted by atomic mass is 9.90. The predicted octanol–water partition coefficient (Wildman–Crippen LogP) is 3.79. The molecule has 0 bridgehead atoms. The monoisotopic (exact) mass is 292 g/mol. The molecule has 0 fully saturated rings. The molecule has 0 saturated carbocycles. The van der Waals surface area contributed by atoms with Gasteiger partial charge in [0.1, 0.15) is 0 Å². The van der Waals surface area contributed by atoms with Gasteiger partial charge in [-0.1, -0.05) is 38.2 Å². The Morgan fingerprint density at radius 3 is 2.36 bits per heavy atom. The van der Waals surface area contributed by atoms with Crippen LogP contribution in [0.4, 0.5) is 0 Å². The van der Waals surface area contributed by atoms with Gasteiger partial charge in [-0.15, -0.1) is 0 Å². The molecule has 0 aliphatic heterocycles. The summed E-state index contributed by atoms with van der Waals surface area (Å²) in [6.45, 7) is 4.57. The molecule has 0 amide bonds. The van der Waals surface area contributed by atoms with Gasteiger partial charge in [0.2, 0.25) is 0 Å². The molecular weight excluding hydrogens is 283 g/mol. The second-order valence-electron chi connectivity index (χ2n) is 3.20. The SMILES string of the molecule is CC1C=CC=C[C]1(C)[Al]([Br])[Br]. The van der Waals surface area contributed by atoms with Crippen LogP contribution in [0.3, 0.4) is 0 Å². The van der Waals surface area contributed by atoms with E-state index in [9.17, 15) is 0 Å². The van der Waals surface area contributed by atoms with Gasteiger partial charge in [-0.3, -0.25) is 0 Å². The zero-order valence-electron chi connectivity index (χ0n) is 6.72. The highest BCUT2D eigenvalue weighted by Crippen LogP contribution is 2.46. The van der Waals surface area contributed by atoms with E-state index in [1.165, 1.54) is 0 Å². The summed E-state index contributed by atoms with van der Waals surface area (Å²) in [6, 6.07) is 0. The molecule has 0 nitrogen and oxygen atoms in total. The van der Waals surface area contributed by atoms with Crippen LogP contribution in [0.15, 0.2) is 24.3 Å². The Bertz CT molecular complexity index is 198. The smallest absolute Gasteiger partial charge is 0.196 e. The molecule has 0 N–H and O–H groups in total. The Balaban J connectivity index is 2.85. The largest absolute Gasteiger partial charge is 0.466 e. The van der Waals surface area contributed by atoms with Crippen LogP contribution in [0, 0.1) is 5.92 Å². The van der Waals surface area contributed by atoms with Gasteiger partial charge in [-0.25, -0.2) is 0 Å². The molecule has 11 heavy (non-hydrogen) atoms. The Hall–Kier alpha value is 0.972. The summed E-state index contributed by atoms with van der Waals surface area (Å²) in [5, 5.41) is 0. The molecular formula is C8H11AlBr2. The minimum absolute atomic E-state index is 0.342. The minimum atomic E-state index is -0.938. The third-order valence-electron chi connectivity index (χ3n) is 2.42. The lowest BCUT2D eigenvalue weighted by molar-refractivity contribution is 0.572. The second kappa shape index (κ2) is 3.79. The van der Waals surface area contributed by atoms with E-state index >= 15 is 0 Å². The van der Waals surface area contributed by atoms with E-state index in [1.807, 2.05) is 0 Å². The maximum absolute atomic E-state index is 3.70. The Kier molecular flexibility index (Phi) is 3.46. The highest BCUT2D eigenvalue weighted by Gasteiger charge is 2.39. The van der Waals surface area contributed by atoms with E-state index in [0.29, 0.717) is 10.2 Å². The van der Waals surface area contributed by atoms with Crippen molar-refractivity contribution in [2.75, 3.05) is 0 Å². The summed E-state index contributed by atoms with van der Waals surface area (Å²) in [6.07, 6.45) is 8.84. The fourth-order valence-electron chi connectivity index (χ4n) is 1.12. The molecule has 2 atom stereocenters. The number of hydrogen-bond donors (Lipinski definition) is 0. The summed E-state index contributed by atoms with van der Waals surface area (Å²) >= 11 is 7.41. The molecule has 3 heteroatoms. The van der Waals surface area contributed by atoms with Crippen molar-refractivity contribution in [1.29, 1.82) is 0 Å². The summed E-state index contributed by atoms with van der Waals surface area (Å²) in [5.74, 6) is 0.642. The van der Waals surface area contributed by atoms with Crippen molar-refractivity contribution in [1.82, 2.24) is 0 Å². The number of allylic oxidation sites excluding steroid dienone is 4. The molecule has 0 aromatic heterocycles. The van der Waals surface area contributed by atoms with Crippen molar-refractivity contribution in [2.45, 2.75) is 18.1 Å². The standard InChI is InChI=1S/C8H11.Al.2BrH/c1-7-5-3-4-6-8(7)2;;;/h3-7H,1-2H3;;2*1H/q;+2;;/p-2. The summed E-state index contributed by atoms with van der Waals surface area (Å²) < 4.78 is 0.342. The second-order valence-corrected chi connectivity index (χ2v) is 14.2. The van der Waals surface area contributed by atoms with Crippen LogP contribution in [0.2, 0.25) is 4.28 Å². The van der Waals surface area contributed by atoms with E-state index in [0.717, 1.165) is 0 Å². The molecule has 0 radical (unpaired) electrons. The van der Waals surface area contributed by atoms with E-state index in [4.69, 9.17) is 0 Å². The van der Waals surface area contributed by atoms with E-state index in [-0.39, 0.29) is 0 Å². The number of halogens is 2. The number of hydrogen-bond acceptors (Lipinski definition) is 0. The Morgan fingerprint density at radius 1 is 1.36 bits per heavy atom. The van der Waals surface area contributed by atoms with Gasteiger partial charge >= 0.3 is 10.5 Å². The maximum Gasteiger partial charge on any atom is 0.466 e.